The van der Waals surface area contributed by atoms with Crippen LogP contribution in [0.25, 0.3) is 0 Å². The van der Waals surface area contributed by atoms with Gasteiger partial charge >= 0.3 is 5.97 Å². The maximum atomic E-state index is 10.1. The zero-order valence-electron chi connectivity index (χ0n) is 7.78. The van der Waals surface area contributed by atoms with E-state index in [-0.39, 0.29) is 0 Å². The summed E-state index contributed by atoms with van der Waals surface area (Å²) < 4.78 is 0. The predicted octanol–water partition coefficient (Wildman–Crippen LogP) is 2.76. The Morgan fingerprint density at radius 3 is 2.46 bits per heavy atom. The first kappa shape index (κ1) is 10.0. The number of carbonyl (C=O) groups is 1. The summed E-state index contributed by atoms with van der Waals surface area (Å²) in [6, 6.07) is 0. The van der Waals surface area contributed by atoms with Crippen LogP contribution in [0.15, 0.2) is 24.3 Å². The lowest BCUT2D eigenvalue weighted by molar-refractivity contribution is -0.131. The first-order chi connectivity index (χ1) is 6.29. The summed E-state index contributed by atoms with van der Waals surface area (Å²) in [4.78, 5) is 10.1. The zero-order chi connectivity index (χ0) is 9.52. The molecule has 1 N–H and O–H groups in total. The lowest BCUT2D eigenvalue weighted by Gasteiger charge is -2.17. The predicted molar refractivity (Wildman–Crippen MR) is 52.5 cm³/mol. The molecular weight excluding hydrogens is 164 g/mol. The fourth-order valence-electron chi connectivity index (χ4n) is 1.69. The van der Waals surface area contributed by atoms with Crippen molar-refractivity contribution in [1.82, 2.24) is 0 Å². The molecule has 1 rings (SSSR count). The number of aliphatic carboxylic acids is 1. The highest BCUT2D eigenvalue weighted by Crippen LogP contribution is 2.24. The van der Waals surface area contributed by atoms with Gasteiger partial charge in [0.2, 0.25) is 0 Å². The number of hydrogen-bond donors (Lipinski definition) is 1. The third kappa shape index (κ3) is 4.51. The molecule has 1 fully saturated rings. The molecule has 0 aromatic carbocycles. The number of allylic oxidation sites excluding steroid dienone is 3. The van der Waals surface area contributed by atoms with Crippen LogP contribution in [-0.4, -0.2) is 11.1 Å². The summed E-state index contributed by atoms with van der Waals surface area (Å²) in [7, 11) is 0. The van der Waals surface area contributed by atoms with E-state index in [2.05, 4.69) is 6.08 Å². The fourth-order valence-corrected chi connectivity index (χ4v) is 1.69. The van der Waals surface area contributed by atoms with Crippen LogP contribution >= 0.6 is 0 Å². The van der Waals surface area contributed by atoms with Gasteiger partial charge in [0, 0.05) is 6.08 Å². The highest BCUT2D eigenvalue weighted by atomic mass is 16.4. The highest BCUT2D eigenvalue weighted by Gasteiger charge is 2.08. The van der Waals surface area contributed by atoms with Crippen molar-refractivity contribution in [1.29, 1.82) is 0 Å². The van der Waals surface area contributed by atoms with Crippen molar-refractivity contribution in [3.8, 4) is 0 Å². The summed E-state index contributed by atoms with van der Waals surface area (Å²) in [5, 5.41) is 8.33. The molecule has 0 unspecified atom stereocenters. The van der Waals surface area contributed by atoms with Gasteiger partial charge in [0.25, 0.3) is 0 Å². The smallest absolute Gasteiger partial charge is 0.328 e. The maximum Gasteiger partial charge on any atom is 0.328 e. The normalized spacial score (nSPS) is 20.0. The van der Waals surface area contributed by atoms with Gasteiger partial charge in [-0.25, -0.2) is 4.79 Å². The second kappa shape index (κ2) is 5.57. The SMILES string of the molecule is O=C(O)C=CC=CC1CCCCC1. The molecule has 0 spiro atoms. The minimum Gasteiger partial charge on any atom is -0.478 e. The number of carboxylic acid groups (broad SMARTS) is 1. The van der Waals surface area contributed by atoms with Crippen molar-refractivity contribution in [2.24, 2.45) is 5.92 Å². The van der Waals surface area contributed by atoms with Crippen molar-refractivity contribution in [2.45, 2.75) is 32.1 Å². The van der Waals surface area contributed by atoms with Crippen molar-refractivity contribution in [2.75, 3.05) is 0 Å². The molecule has 1 saturated carbocycles. The Labute approximate surface area is 79.0 Å². The molecule has 1 aliphatic rings. The molecule has 0 bridgehead atoms. The van der Waals surface area contributed by atoms with Crippen LogP contribution in [0.3, 0.4) is 0 Å². The maximum absolute atomic E-state index is 10.1. The van der Waals surface area contributed by atoms with E-state index in [1.54, 1.807) is 6.08 Å². The minimum atomic E-state index is -0.881. The molecule has 2 nitrogen and oxygen atoms in total. The summed E-state index contributed by atoms with van der Waals surface area (Å²) in [5.41, 5.74) is 0. The summed E-state index contributed by atoms with van der Waals surface area (Å²) in [6.45, 7) is 0. The minimum absolute atomic E-state index is 0.673. The van der Waals surface area contributed by atoms with Gasteiger partial charge in [0.1, 0.15) is 0 Å². The Kier molecular flexibility index (Phi) is 4.30. The summed E-state index contributed by atoms with van der Waals surface area (Å²) in [6.07, 6.45) is 13.2. The average Bonchev–Trinajstić information content (AvgIpc) is 2.14. The Morgan fingerprint density at radius 1 is 1.15 bits per heavy atom. The molecule has 0 amide bonds. The van der Waals surface area contributed by atoms with Crippen LogP contribution in [0, 0.1) is 5.92 Å². The Morgan fingerprint density at radius 2 is 1.85 bits per heavy atom. The van der Waals surface area contributed by atoms with Gasteiger partial charge in [-0.2, -0.15) is 0 Å². The lowest BCUT2D eigenvalue weighted by Crippen LogP contribution is -2.02. The monoisotopic (exact) mass is 180 g/mol. The van der Waals surface area contributed by atoms with Gasteiger partial charge in [0.15, 0.2) is 0 Å². The van der Waals surface area contributed by atoms with E-state index in [0.29, 0.717) is 5.92 Å². The van der Waals surface area contributed by atoms with E-state index in [0.717, 1.165) is 0 Å². The fraction of sp³-hybridized carbons (Fsp3) is 0.545. The second-order valence-corrected chi connectivity index (χ2v) is 3.48. The standard InChI is InChI=1S/C11H16O2/c12-11(13)9-5-4-8-10-6-2-1-3-7-10/h4-5,8-10H,1-3,6-7H2,(H,12,13). The third-order valence-electron chi connectivity index (χ3n) is 2.38. The molecule has 0 heterocycles. The van der Waals surface area contributed by atoms with Gasteiger partial charge in [-0.3, -0.25) is 0 Å². The first-order valence-electron chi connectivity index (χ1n) is 4.87. The average molecular weight is 180 g/mol. The first-order valence-corrected chi connectivity index (χ1v) is 4.87. The topological polar surface area (TPSA) is 37.3 Å². The lowest BCUT2D eigenvalue weighted by atomic mass is 9.89. The molecule has 0 atom stereocenters. The van der Waals surface area contributed by atoms with Crippen LogP contribution in [0.1, 0.15) is 32.1 Å². The van der Waals surface area contributed by atoms with E-state index in [1.165, 1.54) is 38.2 Å². The van der Waals surface area contributed by atoms with Gasteiger partial charge in [-0.05, 0) is 18.8 Å². The molecule has 13 heavy (non-hydrogen) atoms. The quantitative estimate of drug-likeness (QED) is 0.535. The van der Waals surface area contributed by atoms with E-state index < -0.39 is 5.97 Å². The number of rotatable bonds is 3. The van der Waals surface area contributed by atoms with Crippen LogP contribution < -0.4 is 0 Å². The molecule has 0 aliphatic heterocycles. The van der Waals surface area contributed by atoms with Crippen LogP contribution in [-0.2, 0) is 4.79 Å². The van der Waals surface area contributed by atoms with Crippen LogP contribution in [0.4, 0.5) is 0 Å². The molecule has 2 heteroatoms. The largest absolute Gasteiger partial charge is 0.478 e. The third-order valence-corrected chi connectivity index (χ3v) is 2.38. The van der Waals surface area contributed by atoms with Gasteiger partial charge in [-0.15, -0.1) is 0 Å². The van der Waals surface area contributed by atoms with E-state index >= 15 is 0 Å². The van der Waals surface area contributed by atoms with Crippen molar-refractivity contribution >= 4 is 5.97 Å². The van der Waals surface area contributed by atoms with Gasteiger partial charge in [-0.1, -0.05) is 37.5 Å². The van der Waals surface area contributed by atoms with Crippen molar-refractivity contribution in [3.05, 3.63) is 24.3 Å². The molecular formula is C11H16O2. The van der Waals surface area contributed by atoms with Crippen molar-refractivity contribution in [3.63, 3.8) is 0 Å². The molecule has 0 saturated heterocycles. The highest BCUT2D eigenvalue weighted by molar-refractivity contribution is 5.80. The van der Waals surface area contributed by atoms with E-state index in [4.69, 9.17) is 5.11 Å². The van der Waals surface area contributed by atoms with E-state index in [9.17, 15) is 4.79 Å². The second-order valence-electron chi connectivity index (χ2n) is 3.48. The molecule has 1 aliphatic carbocycles. The molecule has 0 radical (unpaired) electrons. The Balaban J connectivity index is 2.25. The molecule has 72 valence electrons. The Hall–Kier alpha value is -1.05. The Bertz CT molecular complexity index is 210. The summed E-state index contributed by atoms with van der Waals surface area (Å²) >= 11 is 0. The van der Waals surface area contributed by atoms with Crippen LogP contribution in [0.2, 0.25) is 0 Å². The summed E-state index contributed by atoms with van der Waals surface area (Å²) in [5.74, 6) is -0.208. The van der Waals surface area contributed by atoms with Crippen LogP contribution in [0.5, 0.6) is 0 Å². The van der Waals surface area contributed by atoms with Crippen molar-refractivity contribution < 1.29 is 9.90 Å². The number of hydrogen-bond acceptors (Lipinski definition) is 1. The zero-order valence-corrected chi connectivity index (χ0v) is 7.78. The molecule has 0 aromatic rings. The van der Waals surface area contributed by atoms with Gasteiger partial charge < -0.3 is 5.11 Å². The number of carboxylic acids is 1. The van der Waals surface area contributed by atoms with E-state index in [1.807, 2.05) is 6.08 Å². The van der Waals surface area contributed by atoms with Gasteiger partial charge in [0.05, 0.1) is 0 Å². The molecule has 0 aromatic heterocycles.